The van der Waals surface area contributed by atoms with E-state index in [1.54, 1.807) is 11.3 Å². The van der Waals surface area contributed by atoms with Gasteiger partial charge in [-0.05, 0) is 43.6 Å². The molecule has 0 fully saturated rings. The fraction of sp³-hybridized carbons (Fsp3) is 0.372. The molecule has 0 amide bonds. The Kier molecular flexibility index (Phi) is 9.16. The zero-order chi connectivity index (χ0) is 33.4. The number of rotatable bonds is 3. The van der Waals surface area contributed by atoms with Gasteiger partial charge in [0.1, 0.15) is 0 Å². The maximum absolute atomic E-state index is 5.29. The first-order chi connectivity index (χ1) is 21.3. The fourth-order valence-electron chi connectivity index (χ4n) is 5.95. The molecule has 0 N–H and O–H groups in total. The molecule has 0 atom stereocenters. The number of nitrogens with zero attached hydrogens (tertiary/aromatic N) is 2. The van der Waals surface area contributed by atoms with Crippen LogP contribution in [0.4, 0.5) is 0 Å². The molecule has 0 saturated carbocycles. The van der Waals surface area contributed by atoms with E-state index in [9.17, 15) is 0 Å². The van der Waals surface area contributed by atoms with Crippen molar-refractivity contribution < 1.29 is 22.4 Å². The monoisotopic (exact) mass is 820 g/mol. The summed E-state index contributed by atoms with van der Waals surface area (Å²) >= 11 is 1.66. The summed E-state index contributed by atoms with van der Waals surface area (Å²) < 4.78 is 0. The minimum atomic E-state index is -0.0646. The summed E-state index contributed by atoms with van der Waals surface area (Å²) in [4.78, 5) is 9.94. The van der Waals surface area contributed by atoms with Gasteiger partial charge in [0.05, 0.1) is 5.01 Å². The summed E-state index contributed by atoms with van der Waals surface area (Å²) in [7, 11) is 0. The molecule has 0 aliphatic carbocycles. The van der Waals surface area contributed by atoms with Crippen LogP contribution in [0.2, 0.25) is 0 Å². The average Bonchev–Trinajstić information content (AvgIpc) is 3.62. The van der Waals surface area contributed by atoms with Gasteiger partial charge in [-0.15, -0.1) is 34.3 Å². The van der Waals surface area contributed by atoms with Gasteiger partial charge in [0.25, 0.3) is 0 Å². The number of hydrogen-bond acceptors (Lipinski definition) is 2. The second-order valence-electron chi connectivity index (χ2n) is 17.0. The summed E-state index contributed by atoms with van der Waals surface area (Å²) in [6.07, 6.45) is 1.87. The molecule has 0 aliphatic heterocycles. The smallest absolute Gasteiger partial charge is 0.663 e. The summed E-state index contributed by atoms with van der Waals surface area (Å²) in [5.41, 5.74) is 12.5. The fourth-order valence-corrected chi connectivity index (χ4v) is 6.56. The van der Waals surface area contributed by atoms with Gasteiger partial charge in [0.2, 0.25) is 0 Å². The van der Waals surface area contributed by atoms with E-state index in [1.807, 2.05) is 11.6 Å². The standard InChI is InChI=1S/C43H47N2S.Au/c1-40(2,3)30-13-14-37-35(23-30)36-25-33(43(10,11)12)24-34(38(36)45-37)28-17-26(19-31(21-28)41(4,5)6)27-18-29(39-44-15-16-46-39)22-32(20-27)42(7,8)9;/h13-16,19-25H,1-12H3;/q-3;+3. The van der Waals surface area contributed by atoms with E-state index in [0.717, 1.165) is 43.9 Å². The Balaban J connectivity index is 0.00000433. The van der Waals surface area contributed by atoms with Gasteiger partial charge < -0.3 is 4.98 Å². The Hall–Kier alpha value is -2.95. The van der Waals surface area contributed by atoms with E-state index in [0.29, 0.717) is 0 Å². The van der Waals surface area contributed by atoms with Gasteiger partial charge in [-0.2, -0.15) is 52.2 Å². The SMILES string of the molecule is CC(C)(C)c1cc(-c2[c-]c(-c3cc(C(C)(C)C)cc4c3[n-]c3ccc(C(C)(C)C)cc34)cc(C(C)(C)C)c2)[c-]c(-c2nccs2)c1.[Au+3]. The van der Waals surface area contributed by atoms with Crippen LogP contribution < -0.4 is 4.98 Å². The molecular weight excluding hydrogens is 774 g/mol. The molecule has 0 spiro atoms. The summed E-state index contributed by atoms with van der Waals surface area (Å²) in [6, 6.07) is 28.4. The zero-order valence-corrected chi connectivity index (χ0v) is 32.9. The van der Waals surface area contributed by atoms with E-state index in [-0.39, 0.29) is 44.0 Å². The maximum Gasteiger partial charge on any atom is 3.00 e. The first-order valence-corrected chi connectivity index (χ1v) is 17.3. The first kappa shape index (κ1) is 35.4. The molecular formula is C43H47AuN2S. The molecule has 2 heterocycles. The molecule has 4 aromatic carbocycles. The quantitative estimate of drug-likeness (QED) is 0.131. The summed E-state index contributed by atoms with van der Waals surface area (Å²) in [5.74, 6) is 0. The molecule has 2 nitrogen and oxygen atoms in total. The van der Waals surface area contributed by atoms with E-state index in [1.165, 1.54) is 33.0 Å². The third-order valence-electron chi connectivity index (χ3n) is 9.07. The van der Waals surface area contributed by atoms with Crippen LogP contribution in [-0.2, 0) is 44.0 Å². The predicted molar refractivity (Wildman–Crippen MR) is 199 cm³/mol. The van der Waals surface area contributed by atoms with E-state index >= 15 is 0 Å². The first-order valence-electron chi connectivity index (χ1n) is 16.4. The molecule has 0 aliphatic rings. The zero-order valence-electron chi connectivity index (χ0n) is 30.0. The van der Waals surface area contributed by atoms with E-state index in [4.69, 9.17) is 4.98 Å². The minimum absolute atomic E-state index is 0. The number of benzene rings is 4. The van der Waals surface area contributed by atoms with Crippen molar-refractivity contribution >= 4 is 33.1 Å². The molecule has 0 unspecified atom stereocenters. The molecule has 0 saturated heterocycles. The van der Waals surface area contributed by atoms with Gasteiger partial charge in [0.15, 0.2) is 0 Å². The Morgan fingerprint density at radius 1 is 0.553 bits per heavy atom. The molecule has 0 bridgehead atoms. The normalized spacial score (nSPS) is 12.9. The number of aromatic nitrogens is 2. The minimum Gasteiger partial charge on any atom is -0.663 e. The third kappa shape index (κ3) is 7.10. The van der Waals surface area contributed by atoms with Crippen molar-refractivity contribution in [1.82, 2.24) is 9.97 Å². The van der Waals surface area contributed by atoms with Crippen LogP contribution >= 0.6 is 11.3 Å². The van der Waals surface area contributed by atoms with Crippen molar-refractivity contribution in [2.24, 2.45) is 0 Å². The van der Waals surface area contributed by atoms with Crippen molar-refractivity contribution in [1.29, 1.82) is 0 Å². The average molecular weight is 821 g/mol. The van der Waals surface area contributed by atoms with Crippen LogP contribution in [0.15, 0.2) is 66.2 Å². The maximum atomic E-state index is 5.29. The van der Waals surface area contributed by atoms with Gasteiger partial charge in [-0.25, -0.2) is 0 Å². The van der Waals surface area contributed by atoms with Gasteiger partial charge >= 0.3 is 22.4 Å². The third-order valence-corrected chi connectivity index (χ3v) is 9.88. The largest absolute Gasteiger partial charge is 3.00 e. The Morgan fingerprint density at radius 3 is 1.57 bits per heavy atom. The van der Waals surface area contributed by atoms with Gasteiger partial charge in [-0.1, -0.05) is 125 Å². The van der Waals surface area contributed by atoms with Crippen LogP contribution in [0.1, 0.15) is 105 Å². The molecule has 47 heavy (non-hydrogen) atoms. The Labute approximate surface area is 302 Å². The van der Waals surface area contributed by atoms with Crippen LogP contribution in [0.25, 0.3) is 54.6 Å². The van der Waals surface area contributed by atoms with Crippen LogP contribution in [0.5, 0.6) is 0 Å². The van der Waals surface area contributed by atoms with Gasteiger partial charge in [-0.3, -0.25) is 4.98 Å². The second kappa shape index (κ2) is 12.2. The predicted octanol–water partition coefficient (Wildman–Crippen LogP) is 12.2. The molecule has 246 valence electrons. The van der Waals surface area contributed by atoms with Crippen molar-refractivity contribution in [3.05, 3.63) is 101 Å². The Bertz CT molecular complexity index is 2070. The van der Waals surface area contributed by atoms with Crippen LogP contribution in [-0.4, -0.2) is 4.98 Å². The Morgan fingerprint density at radius 2 is 1.04 bits per heavy atom. The van der Waals surface area contributed by atoms with Gasteiger partial charge in [0, 0.05) is 11.6 Å². The molecule has 0 radical (unpaired) electrons. The van der Waals surface area contributed by atoms with Crippen molar-refractivity contribution in [2.45, 2.75) is 105 Å². The molecule has 2 aromatic heterocycles. The van der Waals surface area contributed by atoms with Crippen LogP contribution in [0, 0.1) is 12.1 Å². The number of fused-ring (bicyclic) bond motifs is 3. The van der Waals surface area contributed by atoms with E-state index in [2.05, 4.69) is 155 Å². The van der Waals surface area contributed by atoms with Crippen LogP contribution in [0.3, 0.4) is 0 Å². The van der Waals surface area contributed by atoms with Crippen molar-refractivity contribution in [3.63, 3.8) is 0 Å². The second-order valence-corrected chi connectivity index (χ2v) is 17.9. The summed E-state index contributed by atoms with van der Waals surface area (Å²) in [6.45, 7) is 27.4. The van der Waals surface area contributed by atoms with E-state index < -0.39 is 0 Å². The molecule has 6 rings (SSSR count). The van der Waals surface area contributed by atoms with Crippen molar-refractivity contribution in [2.75, 3.05) is 0 Å². The summed E-state index contributed by atoms with van der Waals surface area (Å²) in [5, 5.41) is 5.46. The number of thiazole rings is 1. The number of hydrogen-bond donors (Lipinski definition) is 0. The van der Waals surface area contributed by atoms with Crippen molar-refractivity contribution in [3.8, 4) is 32.8 Å². The topological polar surface area (TPSA) is 27.0 Å². The molecule has 4 heteroatoms. The molecule has 6 aromatic rings.